The highest BCUT2D eigenvalue weighted by molar-refractivity contribution is 7.84. The van der Waals surface area contributed by atoms with E-state index in [1.165, 1.54) is 9.13 Å². The molecule has 0 aliphatic heterocycles. The van der Waals surface area contributed by atoms with Crippen molar-refractivity contribution in [2.45, 2.75) is 33.4 Å². The number of hydrogen-bond donors (Lipinski definition) is 1. The highest BCUT2D eigenvalue weighted by Gasteiger charge is 2.18. The minimum Gasteiger partial charge on any atom is -0.332 e. The number of benzene rings is 1. The largest absolute Gasteiger partial charge is 0.332 e. The molecule has 1 aromatic carbocycles. The average molecular weight is 374 g/mol. The van der Waals surface area contributed by atoms with Gasteiger partial charge in [-0.25, -0.2) is 9.78 Å². The van der Waals surface area contributed by atoms with Gasteiger partial charge in [0, 0.05) is 41.0 Å². The number of aryl methyl sites for hydroxylation is 1. The van der Waals surface area contributed by atoms with Gasteiger partial charge >= 0.3 is 5.69 Å². The quantitative estimate of drug-likeness (QED) is 0.682. The second-order valence-electron chi connectivity index (χ2n) is 5.97. The lowest BCUT2D eigenvalue weighted by Crippen LogP contribution is -2.40. The third kappa shape index (κ3) is 3.41. The molecule has 8 heteroatoms. The monoisotopic (exact) mass is 374 g/mol. The number of aromatic amines is 1. The maximum atomic E-state index is 12.8. The van der Waals surface area contributed by atoms with Gasteiger partial charge in [0.2, 0.25) is 0 Å². The lowest BCUT2D eigenvalue weighted by molar-refractivity contribution is 0.572. The van der Waals surface area contributed by atoms with Crippen LogP contribution in [-0.2, 0) is 23.9 Å². The summed E-state index contributed by atoms with van der Waals surface area (Å²) >= 11 is 0. The minimum atomic E-state index is -1.01. The maximum absolute atomic E-state index is 12.8. The predicted octanol–water partition coefficient (Wildman–Crippen LogP) is 1.73. The van der Waals surface area contributed by atoms with Gasteiger partial charge in [-0.3, -0.25) is 18.1 Å². The van der Waals surface area contributed by atoms with E-state index in [4.69, 9.17) is 0 Å². The van der Waals surface area contributed by atoms with Crippen LogP contribution in [0.25, 0.3) is 22.6 Å². The van der Waals surface area contributed by atoms with Gasteiger partial charge in [-0.1, -0.05) is 44.2 Å². The lowest BCUT2D eigenvalue weighted by Gasteiger charge is -2.10. The number of nitrogens with one attached hydrogen (secondary N) is 1. The fraction of sp³-hybridized carbons (Fsp3) is 0.389. The van der Waals surface area contributed by atoms with Crippen molar-refractivity contribution >= 4 is 22.0 Å². The van der Waals surface area contributed by atoms with Gasteiger partial charge in [-0.05, 0) is 6.42 Å². The second-order valence-corrected chi connectivity index (χ2v) is 7.84. The normalized spacial score (nSPS) is 12.5. The molecule has 0 saturated heterocycles. The highest BCUT2D eigenvalue weighted by atomic mass is 32.2. The van der Waals surface area contributed by atoms with Crippen molar-refractivity contribution in [2.24, 2.45) is 0 Å². The van der Waals surface area contributed by atoms with Gasteiger partial charge < -0.3 is 4.98 Å². The van der Waals surface area contributed by atoms with Crippen molar-refractivity contribution in [1.82, 2.24) is 19.1 Å². The predicted molar refractivity (Wildman–Crippen MR) is 104 cm³/mol. The van der Waals surface area contributed by atoms with Crippen LogP contribution in [0.3, 0.4) is 0 Å². The van der Waals surface area contributed by atoms with E-state index < -0.39 is 16.5 Å². The number of hydrogen-bond acceptors (Lipinski definition) is 4. The van der Waals surface area contributed by atoms with Crippen molar-refractivity contribution in [3.05, 3.63) is 51.2 Å². The van der Waals surface area contributed by atoms with Crippen molar-refractivity contribution < 1.29 is 4.21 Å². The fourth-order valence-corrected chi connectivity index (χ4v) is 3.53. The Morgan fingerprint density at radius 3 is 2.46 bits per heavy atom. The summed E-state index contributed by atoms with van der Waals surface area (Å²) in [5, 5.41) is 0. The minimum absolute atomic E-state index is 0.263. The molecule has 26 heavy (non-hydrogen) atoms. The topological polar surface area (TPSA) is 89.8 Å². The summed E-state index contributed by atoms with van der Waals surface area (Å²) in [7, 11) is -1.01. The lowest BCUT2D eigenvalue weighted by atomic mass is 10.2. The summed E-state index contributed by atoms with van der Waals surface area (Å²) in [6.07, 6.45) is 0.668. The SMILES string of the molecule is CCCn1c(=O)c2[nH]c(-c3ccccc3)nc2n(CCS(=O)CC)c1=O. The summed E-state index contributed by atoms with van der Waals surface area (Å²) in [5.74, 6) is 1.42. The van der Waals surface area contributed by atoms with Crippen molar-refractivity contribution in [1.29, 1.82) is 0 Å². The molecule has 0 spiro atoms. The smallest absolute Gasteiger partial charge is 0.332 e. The van der Waals surface area contributed by atoms with Crippen molar-refractivity contribution in [3.63, 3.8) is 0 Å². The molecule has 0 amide bonds. The Kier molecular flexibility index (Phi) is 5.51. The molecule has 1 unspecified atom stereocenters. The van der Waals surface area contributed by atoms with E-state index in [1.807, 2.05) is 44.2 Å². The summed E-state index contributed by atoms with van der Waals surface area (Å²) in [5.41, 5.74) is 0.692. The first-order chi connectivity index (χ1) is 12.6. The summed E-state index contributed by atoms with van der Waals surface area (Å²) < 4.78 is 14.5. The Balaban J connectivity index is 2.22. The number of H-pyrrole nitrogens is 1. The molecule has 138 valence electrons. The molecule has 1 N–H and O–H groups in total. The van der Waals surface area contributed by atoms with Crippen LogP contribution in [0.15, 0.2) is 39.9 Å². The molecular formula is C18H22N4O3S. The first-order valence-electron chi connectivity index (χ1n) is 8.70. The Morgan fingerprint density at radius 1 is 1.08 bits per heavy atom. The van der Waals surface area contributed by atoms with Gasteiger partial charge in [0.25, 0.3) is 5.56 Å². The molecule has 2 aromatic heterocycles. The average Bonchev–Trinajstić information content (AvgIpc) is 3.11. The van der Waals surface area contributed by atoms with Crippen LogP contribution < -0.4 is 11.2 Å². The van der Waals surface area contributed by atoms with Gasteiger partial charge in [-0.2, -0.15) is 0 Å². The molecular weight excluding hydrogens is 352 g/mol. The first kappa shape index (κ1) is 18.3. The van der Waals surface area contributed by atoms with E-state index in [9.17, 15) is 13.8 Å². The fourth-order valence-electron chi connectivity index (χ4n) is 2.86. The molecule has 0 fully saturated rings. The number of rotatable bonds is 7. The Bertz CT molecular complexity index is 1050. The van der Waals surface area contributed by atoms with Crippen LogP contribution in [0.2, 0.25) is 0 Å². The second kappa shape index (κ2) is 7.82. The molecule has 3 rings (SSSR count). The van der Waals surface area contributed by atoms with E-state index in [2.05, 4.69) is 9.97 Å². The third-order valence-electron chi connectivity index (χ3n) is 4.22. The summed E-state index contributed by atoms with van der Waals surface area (Å²) in [6, 6.07) is 9.44. The standard InChI is InChI=1S/C18H22N4O3S/c1-3-10-22-17(23)14-16(21(18(22)24)11-12-26(25)4-2)20-15(19-14)13-8-6-5-7-9-13/h5-9H,3-4,10-12H2,1-2H3,(H,19,20). The van der Waals surface area contributed by atoms with Gasteiger partial charge in [0.1, 0.15) is 11.3 Å². The van der Waals surface area contributed by atoms with Crippen molar-refractivity contribution in [3.8, 4) is 11.4 Å². The van der Waals surface area contributed by atoms with Gasteiger partial charge in [0.15, 0.2) is 5.65 Å². The van der Waals surface area contributed by atoms with Crippen LogP contribution >= 0.6 is 0 Å². The van der Waals surface area contributed by atoms with Crippen LogP contribution in [0, 0.1) is 0 Å². The molecule has 3 aromatic rings. The molecule has 0 bridgehead atoms. The van der Waals surface area contributed by atoms with Crippen LogP contribution in [0.4, 0.5) is 0 Å². The van der Waals surface area contributed by atoms with E-state index in [0.717, 1.165) is 5.56 Å². The number of imidazole rings is 1. The Hall–Kier alpha value is -2.48. The highest BCUT2D eigenvalue weighted by Crippen LogP contribution is 2.17. The molecule has 1 atom stereocenters. The zero-order valence-corrected chi connectivity index (χ0v) is 15.7. The van der Waals surface area contributed by atoms with E-state index in [0.29, 0.717) is 41.5 Å². The van der Waals surface area contributed by atoms with Crippen LogP contribution in [-0.4, -0.2) is 34.8 Å². The van der Waals surface area contributed by atoms with Gasteiger partial charge in [0.05, 0.1) is 0 Å². The zero-order valence-electron chi connectivity index (χ0n) is 14.9. The summed E-state index contributed by atoms with van der Waals surface area (Å²) in [6.45, 7) is 4.35. The molecule has 0 radical (unpaired) electrons. The Labute approximate surface area is 153 Å². The van der Waals surface area contributed by atoms with Crippen LogP contribution in [0.1, 0.15) is 20.3 Å². The molecule has 0 aliphatic carbocycles. The summed E-state index contributed by atoms with van der Waals surface area (Å²) in [4.78, 5) is 33.1. The van der Waals surface area contributed by atoms with Crippen LogP contribution in [0.5, 0.6) is 0 Å². The molecule has 0 saturated carbocycles. The molecule has 2 heterocycles. The first-order valence-corrected chi connectivity index (χ1v) is 10.2. The Morgan fingerprint density at radius 2 is 1.81 bits per heavy atom. The molecule has 7 nitrogen and oxygen atoms in total. The number of nitrogens with zero attached hydrogens (tertiary/aromatic N) is 3. The number of aromatic nitrogens is 4. The van der Waals surface area contributed by atoms with Gasteiger partial charge in [-0.15, -0.1) is 0 Å². The van der Waals surface area contributed by atoms with E-state index in [1.54, 1.807) is 0 Å². The zero-order chi connectivity index (χ0) is 18.7. The van der Waals surface area contributed by atoms with E-state index >= 15 is 0 Å². The van der Waals surface area contributed by atoms with Crippen molar-refractivity contribution in [2.75, 3.05) is 11.5 Å². The molecule has 0 aliphatic rings. The van der Waals surface area contributed by atoms with E-state index in [-0.39, 0.29) is 12.1 Å². The third-order valence-corrected chi connectivity index (χ3v) is 5.50. The maximum Gasteiger partial charge on any atom is 0.332 e. The number of fused-ring (bicyclic) bond motifs is 1.